The van der Waals surface area contributed by atoms with Crippen LogP contribution in [-0.2, 0) is 0 Å². The molecule has 0 radical (unpaired) electrons. The quantitative estimate of drug-likeness (QED) is 0.0879. The molecule has 8 heterocycles. The van der Waals surface area contributed by atoms with Gasteiger partial charge in [-0.05, 0) is 196 Å². The molecule has 6 aliphatic rings. The monoisotopic (exact) mass is 1600 g/mol. The SMILES string of the molecule is Fc1cccc(F)c1N1c2cc3c(cc2B2c4cc5c(cc4Oc4cc(N(c6ccccc6)c6ccccc6)cc1c42)N(c1c(F)cccc1F)c1cc(N(c2ccccc2)c2ccccc2)cc2c1B5c1sc4ccccc4c1O2)B1c2sc4ccccc4c2Oc2cc(N(c4ccccc4)c4ccccc4)cc(c21)N3c1c(F)cccc1F. The van der Waals surface area contributed by atoms with Crippen molar-refractivity contribution < 1.29 is 40.6 Å². The summed E-state index contributed by atoms with van der Waals surface area (Å²) in [5.41, 5.74) is 11.4. The Morgan fingerprint density at radius 2 is 0.517 bits per heavy atom. The highest BCUT2D eigenvalue weighted by molar-refractivity contribution is 7.34. The first-order valence-corrected chi connectivity index (χ1v) is 41.1. The number of nitrogens with zero attached hydrogens (tertiary/aromatic N) is 6. The van der Waals surface area contributed by atoms with Crippen molar-refractivity contribution in [2.45, 2.75) is 0 Å². The second-order valence-corrected chi connectivity index (χ2v) is 32.6. The summed E-state index contributed by atoms with van der Waals surface area (Å²) in [6.07, 6.45) is 0. The van der Waals surface area contributed by atoms with E-state index in [4.69, 9.17) is 14.2 Å². The van der Waals surface area contributed by atoms with Crippen LogP contribution in [-0.4, -0.2) is 20.1 Å². The third kappa shape index (κ3) is 10.5. The van der Waals surface area contributed by atoms with Crippen LogP contribution in [0.3, 0.4) is 0 Å². The van der Waals surface area contributed by atoms with Gasteiger partial charge in [0.25, 0.3) is 20.1 Å². The number of halogens is 6. The number of fused-ring (bicyclic) bond motifs is 16. The number of thiophene rings is 2. The molecule has 0 N–H and O–H groups in total. The first-order valence-electron chi connectivity index (χ1n) is 39.4. The molecule has 120 heavy (non-hydrogen) atoms. The number of rotatable bonds is 12. The standard InChI is InChI=1S/C100H57B3F6N6O3S2/c104-73-40-23-41-74(105)94(73)113-79-56-80-70(102-92-83(114(80)95-75(106)42-24-43-76(95)107)49-65(111(60-30-11-3-12-31-60)61-32-13-4-14-33-61)52-87(92)117-97-67-38-19-21-46-89(67)119-99(97)102)54-69(79)101-72-55-71-81(57-85(72)116-86-51-64(48-82(113)91(86)101)110(58-26-7-1-8-27-58)59-28-9-2-10-29-59)115(96-77(108)44-25-45-78(96)109)84-50-66(112(62-34-15-5-16-35-62)63-36-17-6-18-37-63)53-88-93(84)103(71)100-98(118-88)68-39-20-22-47-90(68)120-100/h1-57H. The first-order chi connectivity index (χ1) is 59.0. The van der Waals surface area contributed by atoms with Gasteiger partial charge >= 0.3 is 0 Å². The molecule has 0 aliphatic carbocycles. The van der Waals surface area contributed by atoms with Gasteiger partial charge < -0.3 is 43.6 Å². The molecule has 0 amide bonds. The fourth-order valence-electron chi connectivity index (χ4n) is 19.0. The maximum absolute atomic E-state index is 18.3. The third-order valence-electron chi connectivity index (χ3n) is 23.9. The van der Waals surface area contributed by atoms with Crippen LogP contribution >= 0.6 is 22.7 Å². The van der Waals surface area contributed by atoms with Gasteiger partial charge in [0.05, 0.1) is 17.1 Å². The molecule has 6 aliphatic heterocycles. The van der Waals surface area contributed by atoms with Crippen molar-refractivity contribution in [3.05, 3.63) is 381 Å². The van der Waals surface area contributed by atoms with Gasteiger partial charge in [0.15, 0.2) is 0 Å². The number of hydrogen-bond acceptors (Lipinski definition) is 11. The number of benzene rings is 16. The van der Waals surface area contributed by atoms with E-state index in [1.807, 2.05) is 272 Å². The van der Waals surface area contributed by atoms with E-state index in [1.165, 1.54) is 54.6 Å². The molecule has 0 saturated heterocycles. The molecule has 0 unspecified atom stereocenters. The van der Waals surface area contributed by atoms with E-state index in [9.17, 15) is 0 Å². The van der Waals surface area contributed by atoms with Gasteiger partial charge in [0.2, 0.25) is 0 Å². The van der Waals surface area contributed by atoms with Crippen LogP contribution in [0.5, 0.6) is 34.5 Å². The van der Waals surface area contributed by atoms with E-state index in [1.54, 1.807) is 37.4 Å². The van der Waals surface area contributed by atoms with Gasteiger partial charge in [-0.3, -0.25) is 0 Å². The molecule has 24 rings (SSSR count). The lowest BCUT2D eigenvalue weighted by molar-refractivity contribution is 0.487. The average Bonchev–Trinajstić information content (AvgIpc) is 1.08. The third-order valence-corrected chi connectivity index (χ3v) is 26.3. The number of anilines is 18. The normalized spacial score (nSPS) is 13.2. The van der Waals surface area contributed by atoms with Crippen LogP contribution in [0, 0.1) is 34.9 Å². The molecule has 2 aromatic heterocycles. The van der Waals surface area contributed by atoms with Crippen LogP contribution < -0.4 is 91.4 Å². The molecule has 20 heteroatoms. The average molecular weight is 1600 g/mol. The molecule has 0 atom stereocenters. The summed E-state index contributed by atoms with van der Waals surface area (Å²) in [5.74, 6) is -2.56. The highest BCUT2D eigenvalue weighted by atomic mass is 32.1. The van der Waals surface area contributed by atoms with E-state index in [-0.39, 0.29) is 11.4 Å². The van der Waals surface area contributed by atoms with Crippen molar-refractivity contribution in [2.24, 2.45) is 0 Å². The topological polar surface area (TPSA) is 47.1 Å². The molecule has 16 aromatic carbocycles. The zero-order valence-corrected chi connectivity index (χ0v) is 64.8. The smallest absolute Gasteiger partial charge is 0.268 e. The lowest BCUT2D eigenvalue weighted by atomic mass is 9.30. The summed E-state index contributed by atoms with van der Waals surface area (Å²) in [4.78, 5) is 11.1. The first kappa shape index (κ1) is 69.7. The van der Waals surface area contributed by atoms with Crippen molar-refractivity contribution in [3.8, 4) is 34.5 Å². The molecule has 0 fully saturated rings. The highest BCUT2D eigenvalue weighted by Gasteiger charge is 2.53. The summed E-state index contributed by atoms with van der Waals surface area (Å²) in [6.45, 7) is -2.39. The Morgan fingerprint density at radius 3 is 0.858 bits per heavy atom. The van der Waals surface area contributed by atoms with Crippen LogP contribution in [0.4, 0.5) is 129 Å². The molecule has 0 bridgehead atoms. The largest absolute Gasteiger partial charge is 0.458 e. The van der Waals surface area contributed by atoms with Crippen LogP contribution in [0.2, 0.25) is 0 Å². The number of ether oxygens (including phenoxy) is 3. The van der Waals surface area contributed by atoms with E-state index in [0.29, 0.717) is 118 Å². The van der Waals surface area contributed by atoms with E-state index >= 15 is 26.3 Å². The minimum Gasteiger partial charge on any atom is -0.458 e. The van der Waals surface area contributed by atoms with E-state index in [0.717, 1.165) is 63.8 Å². The number of para-hydroxylation sites is 9. The summed E-state index contributed by atoms with van der Waals surface area (Å²) in [7, 11) is 0. The van der Waals surface area contributed by atoms with Gasteiger partial charge in [-0.25, -0.2) is 26.3 Å². The summed E-state index contributed by atoms with van der Waals surface area (Å²) in [6, 6.07) is 106. The Labute approximate surface area is 693 Å². The zero-order chi connectivity index (χ0) is 79.9. The predicted molar refractivity (Wildman–Crippen MR) is 479 cm³/mol. The highest BCUT2D eigenvalue weighted by Crippen LogP contribution is 2.55. The Bertz CT molecular complexity index is 7150. The van der Waals surface area contributed by atoms with Gasteiger partial charge in [-0.2, -0.15) is 0 Å². The lowest BCUT2D eigenvalue weighted by Crippen LogP contribution is -2.65. The van der Waals surface area contributed by atoms with Crippen molar-refractivity contribution in [1.29, 1.82) is 0 Å². The van der Waals surface area contributed by atoms with Gasteiger partial charge in [0.1, 0.15) is 86.5 Å². The van der Waals surface area contributed by atoms with Crippen molar-refractivity contribution >= 4 is 213 Å². The summed E-state index contributed by atoms with van der Waals surface area (Å²) >= 11 is 3.13. The van der Waals surface area contributed by atoms with Crippen LogP contribution in [0.25, 0.3) is 20.2 Å². The van der Waals surface area contributed by atoms with E-state index < -0.39 is 66.4 Å². The Morgan fingerprint density at radius 1 is 0.233 bits per heavy atom. The van der Waals surface area contributed by atoms with Gasteiger partial charge in [-0.15, -0.1) is 22.7 Å². The molecule has 568 valence electrons. The Hall–Kier alpha value is -14.6. The molecule has 9 nitrogen and oxygen atoms in total. The van der Waals surface area contributed by atoms with Crippen LogP contribution in [0.15, 0.2) is 346 Å². The maximum atomic E-state index is 18.3. The van der Waals surface area contributed by atoms with Crippen molar-refractivity contribution in [2.75, 3.05) is 29.4 Å². The second kappa shape index (κ2) is 27.0. The summed E-state index contributed by atoms with van der Waals surface area (Å²) < 4.78 is 135. The van der Waals surface area contributed by atoms with Crippen molar-refractivity contribution in [1.82, 2.24) is 0 Å². The Balaban J connectivity index is 0.830. The van der Waals surface area contributed by atoms with Crippen molar-refractivity contribution in [3.63, 3.8) is 0 Å². The second-order valence-electron chi connectivity index (χ2n) is 30.5. The van der Waals surface area contributed by atoms with Gasteiger partial charge in [-0.1, -0.05) is 164 Å². The maximum Gasteiger partial charge on any atom is 0.268 e. The fourth-order valence-corrected chi connectivity index (χ4v) is 21.6. The lowest BCUT2D eigenvalue weighted by Gasteiger charge is -2.45. The summed E-state index contributed by atoms with van der Waals surface area (Å²) in [5, 5.41) is 1.72. The minimum absolute atomic E-state index is 0.254. The fraction of sp³-hybridized carbons (Fsp3) is 0. The zero-order valence-electron chi connectivity index (χ0n) is 63.1. The molecule has 18 aromatic rings. The molecular formula is C100H57B3F6N6O3S2. The molecular weight excluding hydrogens is 1540 g/mol. The van der Waals surface area contributed by atoms with Gasteiger partial charge in [0, 0.05) is 122 Å². The minimum atomic E-state index is -0.950. The Kier molecular flexibility index (Phi) is 15.7. The molecule has 0 saturated carbocycles. The van der Waals surface area contributed by atoms with E-state index in [2.05, 4.69) is 34.1 Å². The molecule has 0 spiro atoms. The number of hydrogen-bond donors (Lipinski definition) is 0. The predicted octanol–water partition coefficient (Wildman–Crippen LogP) is 22.6. The van der Waals surface area contributed by atoms with Crippen LogP contribution in [0.1, 0.15) is 0 Å².